The minimum atomic E-state index is -3.58. The topological polar surface area (TPSA) is 72.5 Å². The first kappa shape index (κ1) is 16.1. The van der Waals surface area contributed by atoms with E-state index >= 15 is 0 Å². The van der Waals surface area contributed by atoms with Crippen LogP contribution in [0.4, 0.5) is 0 Å². The van der Waals surface area contributed by atoms with Gasteiger partial charge in [-0.1, -0.05) is 26.0 Å². The molecule has 5 nitrogen and oxygen atoms in total. The third-order valence-electron chi connectivity index (χ3n) is 4.33. The highest BCUT2D eigenvalue weighted by Gasteiger charge is 2.50. The van der Waals surface area contributed by atoms with Crippen LogP contribution in [0.15, 0.2) is 29.2 Å². The molecular weight excluding hydrogens is 290 g/mol. The number of hydrogen-bond acceptors (Lipinski definition) is 4. The zero-order valence-electron chi connectivity index (χ0n) is 12.7. The highest BCUT2D eigenvalue weighted by Crippen LogP contribution is 2.43. The predicted molar refractivity (Wildman–Crippen MR) is 79.8 cm³/mol. The number of nitrogens with one attached hydrogen (secondary N) is 1. The van der Waals surface area contributed by atoms with Crippen LogP contribution in [0, 0.1) is 5.41 Å². The Balaban J connectivity index is 2.14. The normalized spacial score (nSPS) is 24.4. The van der Waals surface area contributed by atoms with Crippen molar-refractivity contribution in [1.29, 1.82) is 0 Å². The van der Waals surface area contributed by atoms with Crippen molar-refractivity contribution in [3.05, 3.63) is 29.8 Å². The molecule has 2 atom stereocenters. The number of carbonyl (C=O) groups excluding carboxylic acids is 1. The number of hydrogen-bond donors (Lipinski definition) is 1. The van der Waals surface area contributed by atoms with E-state index < -0.39 is 10.0 Å². The van der Waals surface area contributed by atoms with Gasteiger partial charge in [-0.2, -0.15) is 0 Å². The lowest BCUT2D eigenvalue weighted by atomic mass is 9.65. The molecule has 0 aliphatic heterocycles. The molecule has 116 valence electrons. The monoisotopic (exact) mass is 311 g/mol. The number of ether oxygens (including phenoxy) is 1. The van der Waals surface area contributed by atoms with Gasteiger partial charge >= 0.3 is 0 Å². The van der Waals surface area contributed by atoms with Gasteiger partial charge in [-0.05, 0) is 25.5 Å². The van der Waals surface area contributed by atoms with Crippen LogP contribution < -0.4 is 4.72 Å². The number of Topliss-reactive ketones (excluding diaryl/α,β-unsaturated/α-hetero) is 1. The molecule has 21 heavy (non-hydrogen) atoms. The summed E-state index contributed by atoms with van der Waals surface area (Å²) in [5.41, 5.74) is 0.263. The van der Waals surface area contributed by atoms with Gasteiger partial charge in [-0.3, -0.25) is 4.79 Å². The molecule has 1 aromatic carbocycles. The number of methoxy groups -OCH3 is 1. The molecule has 1 aliphatic rings. The first-order valence-corrected chi connectivity index (χ1v) is 8.33. The summed E-state index contributed by atoms with van der Waals surface area (Å²) in [5, 5.41) is 0. The fraction of sp³-hybridized carbons (Fsp3) is 0.533. The number of ketones is 1. The molecule has 2 rings (SSSR count). The van der Waals surface area contributed by atoms with E-state index in [-0.39, 0.29) is 28.2 Å². The first-order valence-electron chi connectivity index (χ1n) is 6.84. The van der Waals surface area contributed by atoms with E-state index in [1.54, 1.807) is 7.11 Å². The van der Waals surface area contributed by atoms with Crippen molar-refractivity contribution >= 4 is 15.8 Å². The van der Waals surface area contributed by atoms with Crippen LogP contribution in [0.5, 0.6) is 0 Å². The van der Waals surface area contributed by atoms with E-state index in [1.807, 2.05) is 13.8 Å². The molecule has 1 aromatic rings. The van der Waals surface area contributed by atoms with Gasteiger partial charge in [-0.25, -0.2) is 13.1 Å². The zero-order chi connectivity index (χ0) is 15.8. The lowest BCUT2D eigenvalue weighted by Crippen LogP contribution is -2.61. The molecule has 1 saturated carbocycles. The summed E-state index contributed by atoms with van der Waals surface area (Å²) in [7, 11) is -1.95. The smallest absolute Gasteiger partial charge is 0.240 e. The van der Waals surface area contributed by atoms with Crippen LogP contribution in [0.1, 0.15) is 37.6 Å². The largest absolute Gasteiger partial charge is 0.381 e. The molecule has 6 heteroatoms. The molecule has 0 radical (unpaired) electrons. The van der Waals surface area contributed by atoms with Crippen molar-refractivity contribution < 1.29 is 17.9 Å². The van der Waals surface area contributed by atoms with Crippen LogP contribution in [0.2, 0.25) is 0 Å². The fourth-order valence-corrected chi connectivity index (χ4v) is 4.01. The third kappa shape index (κ3) is 3.02. The number of benzene rings is 1. The average Bonchev–Trinajstić information content (AvgIpc) is 2.43. The number of sulfonamides is 1. The molecule has 0 amide bonds. The van der Waals surface area contributed by atoms with Crippen LogP contribution in [-0.2, 0) is 14.8 Å². The Hall–Kier alpha value is -1.24. The van der Waals surface area contributed by atoms with Crippen LogP contribution in [-0.4, -0.2) is 33.5 Å². The molecule has 0 aromatic heterocycles. The van der Waals surface area contributed by atoms with Crippen molar-refractivity contribution in [1.82, 2.24) is 4.72 Å². The van der Waals surface area contributed by atoms with Crippen molar-refractivity contribution in [3.8, 4) is 0 Å². The van der Waals surface area contributed by atoms with Gasteiger partial charge in [-0.15, -0.1) is 0 Å². The Morgan fingerprint density at radius 2 is 1.86 bits per heavy atom. The summed E-state index contributed by atoms with van der Waals surface area (Å²) >= 11 is 0. The minimum Gasteiger partial charge on any atom is -0.381 e. The molecule has 1 fully saturated rings. The van der Waals surface area contributed by atoms with Crippen LogP contribution in [0.3, 0.4) is 0 Å². The SMILES string of the molecule is COC1CC(NS(=O)(=O)c2ccc(C(C)=O)cc2)C1(C)C. The minimum absolute atomic E-state index is 0.0605. The van der Waals surface area contributed by atoms with Gasteiger partial charge in [0.1, 0.15) is 0 Å². The van der Waals surface area contributed by atoms with E-state index in [0.29, 0.717) is 12.0 Å². The molecule has 2 unspecified atom stereocenters. The second-order valence-electron chi connectivity index (χ2n) is 6.04. The summed E-state index contributed by atoms with van der Waals surface area (Å²) in [6.07, 6.45) is 0.721. The Labute approximate surface area is 125 Å². The summed E-state index contributed by atoms with van der Waals surface area (Å²) in [5.74, 6) is -0.0880. The fourth-order valence-electron chi connectivity index (χ4n) is 2.61. The maximum Gasteiger partial charge on any atom is 0.240 e. The second kappa shape index (κ2) is 5.51. The van der Waals surface area contributed by atoms with Gasteiger partial charge in [0, 0.05) is 24.1 Å². The van der Waals surface area contributed by atoms with E-state index in [1.165, 1.54) is 31.2 Å². The maximum absolute atomic E-state index is 12.4. The third-order valence-corrected chi connectivity index (χ3v) is 5.82. The quantitative estimate of drug-likeness (QED) is 0.844. The number of carbonyl (C=O) groups is 1. The van der Waals surface area contributed by atoms with Gasteiger partial charge in [0.15, 0.2) is 5.78 Å². The lowest BCUT2D eigenvalue weighted by molar-refractivity contribution is -0.0908. The van der Waals surface area contributed by atoms with Crippen molar-refractivity contribution in [2.45, 2.75) is 44.2 Å². The van der Waals surface area contributed by atoms with E-state index in [2.05, 4.69) is 4.72 Å². The van der Waals surface area contributed by atoms with Crippen LogP contribution in [0.25, 0.3) is 0 Å². The molecule has 0 saturated heterocycles. The average molecular weight is 311 g/mol. The van der Waals surface area contributed by atoms with Crippen molar-refractivity contribution in [2.75, 3.05) is 7.11 Å². The zero-order valence-corrected chi connectivity index (χ0v) is 13.5. The Bertz CT molecular complexity index is 634. The molecule has 0 heterocycles. The van der Waals surface area contributed by atoms with Crippen molar-refractivity contribution in [3.63, 3.8) is 0 Å². The van der Waals surface area contributed by atoms with Gasteiger partial charge in [0.25, 0.3) is 0 Å². The first-order chi connectivity index (χ1) is 9.68. The van der Waals surface area contributed by atoms with Crippen molar-refractivity contribution in [2.24, 2.45) is 5.41 Å². The standard InChI is InChI=1S/C15H21NO4S/c1-10(17)11-5-7-12(8-6-11)21(18,19)16-13-9-14(20-4)15(13,2)3/h5-8,13-14,16H,9H2,1-4H3. The molecule has 1 N–H and O–H groups in total. The van der Waals surface area contributed by atoms with Gasteiger partial charge in [0.05, 0.1) is 11.0 Å². The van der Waals surface area contributed by atoms with E-state index in [9.17, 15) is 13.2 Å². The summed E-state index contributed by atoms with van der Waals surface area (Å²) in [6.45, 7) is 5.41. The molecule has 0 spiro atoms. The second-order valence-corrected chi connectivity index (χ2v) is 7.75. The highest BCUT2D eigenvalue weighted by atomic mass is 32.2. The summed E-state index contributed by atoms with van der Waals surface area (Å²) in [4.78, 5) is 11.4. The summed E-state index contributed by atoms with van der Waals surface area (Å²) in [6, 6.07) is 5.82. The molecule has 1 aliphatic carbocycles. The Morgan fingerprint density at radius 1 is 1.29 bits per heavy atom. The Kier molecular flexibility index (Phi) is 4.24. The Morgan fingerprint density at radius 3 is 2.29 bits per heavy atom. The lowest BCUT2D eigenvalue weighted by Gasteiger charge is -2.50. The molecular formula is C15H21NO4S. The highest BCUT2D eigenvalue weighted by molar-refractivity contribution is 7.89. The predicted octanol–water partition coefficient (Wildman–Crippen LogP) is 1.98. The maximum atomic E-state index is 12.4. The van der Waals surface area contributed by atoms with Crippen LogP contribution >= 0.6 is 0 Å². The van der Waals surface area contributed by atoms with Gasteiger partial charge < -0.3 is 4.74 Å². The van der Waals surface area contributed by atoms with E-state index in [0.717, 1.165) is 0 Å². The number of rotatable bonds is 5. The van der Waals surface area contributed by atoms with E-state index in [4.69, 9.17) is 4.74 Å². The molecule has 0 bridgehead atoms. The van der Waals surface area contributed by atoms with Gasteiger partial charge in [0.2, 0.25) is 10.0 Å². The summed E-state index contributed by atoms with van der Waals surface area (Å²) < 4.78 is 32.8.